The van der Waals surface area contributed by atoms with Gasteiger partial charge in [0.1, 0.15) is 0 Å². The number of nitrogens with two attached hydrogens (primary N) is 1. The van der Waals surface area contributed by atoms with Gasteiger partial charge in [0.15, 0.2) is 0 Å². The SMILES string of the molecule is CC(C)(C)CC1(N)CCC(O)CC1. The Balaban J connectivity index is 2.48. The van der Waals surface area contributed by atoms with Crippen LogP contribution in [0.5, 0.6) is 0 Å². The maximum absolute atomic E-state index is 9.38. The van der Waals surface area contributed by atoms with Crippen LogP contribution in [0.3, 0.4) is 0 Å². The molecule has 78 valence electrons. The minimum Gasteiger partial charge on any atom is -0.393 e. The Kier molecular flexibility index (Phi) is 3.03. The summed E-state index contributed by atoms with van der Waals surface area (Å²) >= 11 is 0. The van der Waals surface area contributed by atoms with E-state index >= 15 is 0 Å². The van der Waals surface area contributed by atoms with Crippen molar-refractivity contribution in [1.82, 2.24) is 0 Å². The number of aliphatic hydroxyl groups is 1. The highest BCUT2D eigenvalue weighted by molar-refractivity contribution is 4.92. The molecule has 0 radical (unpaired) electrons. The number of aliphatic hydroxyl groups excluding tert-OH is 1. The van der Waals surface area contributed by atoms with E-state index in [0.29, 0.717) is 5.41 Å². The zero-order valence-electron chi connectivity index (χ0n) is 9.14. The lowest BCUT2D eigenvalue weighted by molar-refractivity contribution is 0.0811. The predicted octanol–water partition coefficient (Wildman–Crippen LogP) is 2.05. The molecule has 2 heteroatoms. The lowest BCUT2D eigenvalue weighted by atomic mass is 9.72. The molecule has 1 aliphatic carbocycles. The predicted molar refractivity (Wildman–Crippen MR) is 55.5 cm³/mol. The molecule has 0 aromatic carbocycles. The van der Waals surface area contributed by atoms with Crippen LogP contribution < -0.4 is 5.73 Å². The molecule has 2 nitrogen and oxygen atoms in total. The largest absolute Gasteiger partial charge is 0.393 e. The van der Waals surface area contributed by atoms with Gasteiger partial charge >= 0.3 is 0 Å². The molecule has 1 rings (SSSR count). The standard InChI is InChI=1S/C11H23NO/c1-10(2,3)8-11(12)6-4-9(13)5-7-11/h9,13H,4-8,12H2,1-3H3. The van der Waals surface area contributed by atoms with E-state index in [1.54, 1.807) is 0 Å². The molecule has 1 saturated carbocycles. The first-order valence-electron chi connectivity index (χ1n) is 5.28. The summed E-state index contributed by atoms with van der Waals surface area (Å²) in [4.78, 5) is 0. The zero-order valence-corrected chi connectivity index (χ0v) is 9.14. The van der Waals surface area contributed by atoms with Crippen molar-refractivity contribution in [3.63, 3.8) is 0 Å². The molecule has 0 spiro atoms. The van der Waals surface area contributed by atoms with Crippen molar-refractivity contribution in [1.29, 1.82) is 0 Å². The molecular weight excluding hydrogens is 162 g/mol. The van der Waals surface area contributed by atoms with Crippen molar-refractivity contribution in [2.24, 2.45) is 11.1 Å². The van der Waals surface area contributed by atoms with E-state index in [2.05, 4.69) is 20.8 Å². The van der Waals surface area contributed by atoms with Crippen LogP contribution in [-0.2, 0) is 0 Å². The van der Waals surface area contributed by atoms with E-state index in [9.17, 15) is 5.11 Å². The van der Waals surface area contributed by atoms with Gasteiger partial charge < -0.3 is 10.8 Å². The van der Waals surface area contributed by atoms with Crippen LogP contribution in [-0.4, -0.2) is 16.7 Å². The number of rotatable bonds is 1. The summed E-state index contributed by atoms with van der Waals surface area (Å²) < 4.78 is 0. The highest BCUT2D eigenvalue weighted by atomic mass is 16.3. The average Bonchev–Trinajstić information content (AvgIpc) is 1.92. The Labute approximate surface area is 81.5 Å². The molecular formula is C11H23NO. The van der Waals surface area contributed by atoms with Gasteiger partial charge in [-0.25, -0.2) is 0 Å². The molecule has 1 fully saturated rings. The second-order valence-electron chi connectivity index (χ2n) is 5.83. The zero-order chi connectivity index (χ0) is 10.1. The Morgan fingerprint density at radius 3 is 2.15 bits per heavy atom. The summed E-state index contributed by atoms with van der Waals surface area (Å²) in [5.41, 5.74) is 6.58. The molecule has 0 amide bonds. The Morgan fingerprint density at radius 1 is 1.31 bits per heavy atom. The van der Waals surface area contributed by atoms with Crippen molar-refractivity contribution in [3.8, 4) is 0 Å². The molecule has 0 aliphatic heterocycles. The van der Waals surface area contributed by atoms with Gasteiger partial charge in [-0.2, -0.15) is 0 Å². The van der Waals surface area contributed by atoms with Crippen molar-refractivity contribution in [2.45, 2.75) is 64.5 Å². The van der Waals surface area contributed by atoms with E-state index in [-0.39, 0.29) is 11.6 Å². The lowest BCUT2D eigenvalue weighted by Gasteiger charge is -2.39. The minimum atomic E-state index is -0.100. The minimum absolute atomic E-state index is 0.0164. The summed E-state index contributed by atoms with van der Waals surface area (Å²) in [5, 5.41) is 9.38. The Hall–Kier alpha value is -0.0800. The van der Waals surface area contributed by atoms with Crippen molar-refractivity contribution in [3.05, 3.63) is 0 Å². The van der Waals surface area contributed by atoms with Crippen LogP contribution in [0, 0.1) is 5.41 Å². The van der Waals surface area contributed by atoms with Crippen LogP contribution in [0.15, 0.2) is 0 Å². The Bertz CT molecular complexity index is 163. The highest BCUT2D eigenvalue weighted by Crippen LogP contribution is 2.35. The van der Waals surface area contributed by atoms with Crippen molar-refractivity contribution < 1.29 is 5.11 Å². The van der Waals surface area contributed by atoms with E-state index in [1.165, 1.54) is 0 Å². The van der Waals surface area contributed by atoms with Crippen molar-refractivity contribution >= 4 is 0 Å². The molecule has 0 saturated heterocycles. The highest BCUT2D eigenvalue weighted by Gasteiger charge is 2.34. The number of hydrogen-bond donors (Lipinski definition) is 2. The normalized spacial score (nSPS) is 36.2. The molecule has 0 aromatic rings. The fraction of sp³-hybridized carbons (Fsp3) is 1.00. The average molecular weight is 185 g/mol. The molecule has 0 atom stereocenters. The lowest BCUT2D eigenvalue weighted by Crippen LogP contribution is -2.46. The van der Waals surface area contributed by atoms with E-state index < -0.39 is 0 Å². The quantitative estimate of drug-likeness (QED) is 0.657. The van der Waals surface area contributed by atoms with Gasteiger partial charge in [0.2, 0.25) is 0 Å². The second-order valence-corrected chi connectivity index (χ2v) is 5.83. The molecule has 0 unspecified atom stereocenters. The summed E-state index contributed by atoms with van der Waals surface area (Å²) in [6.07, 6.45) is 4.68. The van der Waals surface area contributed by atoms with Gasteiger partial charge in [0.05, 0.1) is 6.10 Å². The molecule has 0 bridgehead atoms. The molecule has 0 heterocycles. The van der Waals surface area contributed by atoms with Crippen molar-refractivity contribution in [2.75, 3.05) is 0 Å². The third-order valence-electron chi connectivity index (χ3n) is 2.83. The van der Waals surface area contributed by atoms with Crippen LogP contribution >= 0.6 is 0 Å². The third kappa shape index (κ3) is 3.65. The van der Waals surface area contributed by atoms with E-state index in [4.69, 9.17) is 5.73 Å². The van der Waals surface area contributed by atoms with Crippen LogP contribution in [0.4, 0.5) is 0 Å². The maximum Gasteiger partial charge on any atom is 0.0541 e. The molecule has 13 heavy (non-hydrogen) atoms. The monoisotopic (exact) mass is 185 g/mol. The topological polar surface area (TPSA) is 46.2 Å². The first-order chi connectivity index (χ1) is 5.81. The van der Waals surface area contributed by atoms with Gasteiger partial charge in [0.25, 0.3) is 0 Å². The molecule has 0 aromatic heterocycles. The first kappa shape index (κ1) is 11.0. The Morgan fingerprint density at radius 2 is 1.77 bits per heavy atom. The van der Waals surface area contributed by atoms with Gasteiger partial charge in [-0.3, -0.25) is 0 Å². The van der Waals surface area contributed by atoms with Gasteiger partial charge in [0, 0.05) is 5.54 Å². The van der Waals surface area contributed by atoms with E-state index in [0.717, 1.165) is 32.1 Å². The van der Waals surface area contributed by atoms with Gasteiger partial charge in [-0.1, -0.05) is 20.8 Å². The van der Waals surface area contributed by atoms with E-state index in [1.807, 2.05) is 0 Å². The fourth-order valence-corrected chi connectivity index (χ4v) is 2.41. The summed E-state index contributed by atoms with van der Waals surface area (Å²) in [6.45, 7) is 6.69. The summed E-state index contributed by atoms with van der Waals surface area (Å²) in [6, 6.07) is 0. The van der Waals surface area contributed by atoms with Crippen LogP contribution in [0.1, 0.15) is 52.9 Å². The smallest absolute Gasteiger partial charge is 0.0541 e. The maximum atomic E-state index is 9.38. The molecule has 1 aliphatic rings. The first-order valence-corrected chi connectivity index (χ1v) is 5.28. The second kappa shape index (κ2) is 3.58. The summed E-state index contributed by atoms with van der Waals surface area (Å²) in [7, 11) is 0. The fourth-order valence-electron chi connectivity index (χ4n) is 2.41. The van der Waals surface area contributed by atoms with Gasteiger partial charge in [-0.05, 0) is 37.5 Å². The number of hydrogen-bond acceptors (Lipinski definition) is 2. The van der Waals surface area contributed by atoms with Crippen LogP contribution in [0.2, 0.25) is 0 Å². The van der Waals surface area contributed by atoms with Crippen LogP contribution in [0.25, 0.3) is 0 Å². The summed E-state index contributed by atoms with van der Waals surface area (Å²) in [5.74, 6) is 0. The van der Waals surface area contributed by atoms with Gasteiger partial charge in [-0.15, -0.1) is 0 Å². The molecule has 3 N–H and O–H groups in total. The third-order valence-corrected chi connectivity index (χ3v) is 2.83.